The molecule has 13 rings (SSSR count). The zero-order valence-corrected chi connectivity index (χ0v) is 38.5. The van der Waals surface area contributed by atoms with Crippen LogP contribution in [0.1, 0.15) is 17.7 Å². The monoisotopic (exact) mass is 897 g/mol. The molecule has 1 aliphatic carbocycles. The zero-order valence-electron chi connectivity index (χ0n) is 38.5. The molecule has 0 N–H and O–H groups in total. The van der Waals surface area contributed by atoms with Crippen LogP contribution in [0.5, 0.6) is 0 Å². The highest BCUT2D eigenvalue weighted by Gasteiger charge is 2.20. The Morgan fingerprint density at radius 1 is 0.343 bits per heavy atom. The van der Waals surface area contributed by atoms with E-state index < -0.39 is 0 Å². The van der Waals surface area contributed by atoms with E-state index in [-0.39, 0.29) is 0 Å². The predicted molar refractivity (Wildman–Crippen MR) is 294 cm³/mol. The second kappa shape index (κ2) is 17.5. The lowest BCUT2D eigenvalue weighted by molar-refractivity contribution is 0.669. The first-order chi connectivity index (χ1) is 34.7. The van der Waals surface area contributed by atoms with Gasteiger partial charge in [0.1, 0.15) is 11.2 Å². The first-order valence-electron chi connectivity index (χ1n) is 24.1. The summed E-state index contributed by atoms with van der Waals surface area (Å²) in [4.78, 5) is 4.65. The number of aromatic nitrogens is 1. The molecule has 0 saturated carbocycles. The number of para-hydroxylation sites is 4. The third-order valence-corrected chi connectivity index (χ3v) is 13.9. The van der Waals surface area contributed by atoms with Gasteiger partial charge in [-0.2, -0.15) is 0 Å². The lowest BCUT2D eigenvalue weighted by Crippen LogP contribution is -2.10. The van der Waals surface area contributed by atoms with Crippen LogP contribution in [-0.2, 0) is 6.42 Å². The molecule has 0 radical (unpaired) electrons. The molecule has 0 atom stereocenters. The summed E-state index contributed by atoms with van der Waals surface area (Å²) >= 11 is 0. The minimum absolute atomic E-state index is 0.906. The number of aryl methyl sites for hydroxylation is 1. The van der Waals surface area contributed by atoms with Gasteiger partial charge >= 0.3 is 0 Å². The number of anilines is 6. The van der Waals surface area contributed by atoms with E-state index in [4.69, 9.17) is 4.42 Å². The van der Waals surface area contributed by atoms with Gasteiger partial charge in [0.15, 0.2) is 0 Å². The number of fused-ring (bicyclic) bond motifs is 6. The quantitative estimate of drug-likeness (QED) is 0.137. The van der Waals surface area contributed by atoms with Crippen LogP contribution in [0.4, 0.5) is 34.1 Å². The summed E-state index contributed by atoms with van der Waals surface area (Å²) in [6.07, 6.45) is 6.72. The van der Waals surface area contributed by atoms with Crippen molar-refractivity contribution in [1.82, 2.24) is 4.57 Å². The Labute approximate surface area is 407 Å². The smallest absolute Gasteiger partial charge is 0.135 e. The van der Waals surface area contributed by atoms with Crippen molar-refractivity contribution in [1.29, 1.82) is 0 Å². The highest BCUT2D eigenvalue weighted by atomic mass is 16.3. The topological polar surface area (TPSA) is 24.6 Å². The van der Waals surface area contributed by atoms with Gasteiger partial charge in [0, 0.05) is 61.7 Å². The van der Waals surface area contributed by atoms with E-state index >= 15 is 0 Å². The van der Waals surface area contributed by atoms with Gasteiger partial charge in [-0.15, -0.1) is 0 Å². The van der Waals surface area contributed by atoms with Crippen LogP contribution < -0.4 is 9.80 Å². The summed E-state index contributed by atoms with van der Waals surface area (Å²) in [5, 5.41) is 3.60. The van der Waals surface area contributed by atoms with E-state index in [1.165, 1.54) is 39.0 Å². The fourth-order valence-corrected chi connectivity index (χ4v) is 10.4. The molecule has 70 heavy (non-hydrogen) atoms. The molecule has 332 valence electrons. The van der Waals surface area contributed by atoms with E-state index in [1.807, 2.05) is 12.1 Å². The van der Waals surface area contributed by atoms with Crippen molar-refractivity contribution in [2.24, 2.45) is 0 Å². The molecule has 1 aliphatic rings. The van der Waals surface area contributed by atoms with Crippen molar-refractivity contribution < 1.29 is 4.42 Å². The second-order valence-electron chi connectivity index (χ2n) is 18.0. The van der Waals surface area contributed by atoms with Crippen LogP contribution in [0.15, 0.2) is 259 Å². The van der Waals surface area contributed by atoms with Crippen LogP contribution >= 0.6 is 0 Å². The highest BCUT2D eigenvalue weighted by Crippen LogP contribution is 2.41. The van der Waals surface area contributed by atoms with Gasteiger partial charge in [-0.05, 0) is 173 Å². The summed E-state index contributed by atoms with van der Waals surface area (Å²) in [5.74, 6) is 0. The number of nitrogens with zero attached hydrogens (tertiary/aromatic N) is 3. The molecular formula is C66H47N3O. The van der Waals surface area contributed by atoms with Gasteiger partial charge < -0.3 is 18.8 Å². The van der Waals surface area contributed by atoms with Crippen LogP contribution in [-0.4, -0.2) is 4.57 Å². The van der Waals surface area contributed by atoms with E-state index in [0.29, 0.717) is 0 Å². The summed E-state index contributed by atoms with van der Waals surface area (Å²) in [7, 11) is 0. The van der Waals surface area contributed by atoms with Crippen molar-refractivity contribution in [3.05, 3.63) is 266 Å². The Balaban J connectivity index is 0.775. The van der Waals surface area contributed by atoms with E-state index in [2.05, 4.69) is 263 Å². The Hall–Kier alpha value is -9.12. The molecule has 0 spiro atoms. The van der Waals surface area contributed by atoms with Crippen molar-refractivity contribution in [2.75, 3.05) is 9.80 Å². The number of rotatable bonds is 10. The minimum atomic E-state index is 0.906. The number of benzene rings is 10. The molecule has 0 saturated heterocycles. The summed E-state index contributed by atoms with van der Waals surface area (Å²) in [6, 6.07) is 89.4. The number of furan rings is 1. The lowest BCUT2D eigenvalue weighted by Gasteiger charge is -2.26. The third kappa shape index (κ3) is 7.44. The first-order valence-corrected chi connectivity index (χ1v) is 24.1. The van der Waals surface area contributed by atoms with Gasteiger partial charge in [-0.1, -0.05) is 140 Å². The Morgan fingerprint density at radius 2 is 0.757 bits per heavy atom. The molecule has 0 unspecified atom stereocenters. The molecule has 10 aromatic carbocycles. The van der Waals surface area contributed by atoms with Crippen LogP contribution in [0, 0.1) is 0 Å². The first kappa shape index (κ1) is 41.1. The third-order valence-electron chi connectivity index (χ3n) is 13.9. The van der Waals surface area contributed by atoms with Crippen molar-refractivity contribution in [3.8, 4) is 39.1 Å². The molecule has 2 aromatic heterocycles. The second-order valence-corrected chi connectivity index (χ2v) is 18.0. The number of hydrogen-bond donors (Lipinski definition) is 0. The molecule has 0 bridgehead atoms. The van der Waals surface area contributed by atoms with Gasteiger partial charge in [-0.25, -0.2) is 0 Å². The maximum atomic E-state index is 6.11. The van der Waals surface area contributed by atoms with Gasteiger partial charge in [0.2, 0.25) is 0 Å². The summed E-state index contributed by atoms with van der Waals surface area (Å²) in [5.41, 5.74) is 20.6. The largest absolute Gasteiger partial charge is 0.456 e. The van der Waals surface area contributed by atoms with E-state index in [1.54, 1.807) is 0 Å². The number of allylic oxidation sites excluding steroid dienone is 1. The van der Waals surface area contributed by atoms with E-state index in [0.717, 1.165) is 91.2 Å². The van der Waals surface area contributed by atoms with Gasteiger partial charge in [0.25, 0.3) is 0 Å². The average molecular weight is 898 g/mol. The molecular weight excluding hydrogens is 851 g/mol. The normalized spacial score (nSPS) is 12.1. The molecule has 4 heteroatoms. The van der Waals surface area contributed by atoms with E-state index in [9.17, 15) is 0 Å². The summed E-state index contributed by atoms with van der Waals surface area (Å²) in [6.45, 7) is 0. The van der Waals surface area contributed by atoms with Gasteiger partial charge in [0.05, 0.1) is 5.52 Å². The van der Waals surface area contributed by atoms with Crippen molar-refractivity contribution in [3.63, 3.8) is 0 Å². The Morgan fingerprint density at radius 3 is 1.30 bits per heavy atom. The molecule has 12 aromatic rings. The lowest BCUT2D eigenvalue weighted by atomic mass is 9.97. The molecule has 2 heterocycles. The van der Waals surface area contributed by atoms with Crippen molar-refractivity contribution in [2.45, 2.75) is 12.8 Å². The number of hydrogen-bond acceptors (Lipinski definition) is 3. The maximum Gasteiger partial charge on any atom is 0.135 e. The van der Waals surface area contributed by atoms with Crippen molar-refractivity contribution >= 4 is 73.0 Å². The molecule has 4 nitrogen and oxygen atoms in total. The fourth-order valence-electron chi connectivity index (χ4n) is 10.4. The van der Waals surface area contributed by atoms with Gasteiger partial charge in [-0.3, -0.25) is 0 Å². The fraction of sp³-hybridized carbons (Fsp3) is 0.0303. The van der Waals surface area contributed by atoms with Crippen LogP contribution in [0.25, 0.3) is 78.0 Å². The highest BCUT2D eigenvalue weighted by molar-refractivity contribution is 6.06. The minimum Gasteiger partial charge on any atom is -0.456 e. The summed E-state index contributed by atoms with van der Waals surface area (Å²) < 4.78 is 8.52. The Kier molecular flexibility index (Phi) is 10.3. The molecule has 0 amide bonds. The molecule has 0 fully saturated rings. The standard InChI is InChI=1S/C66H47N3O/c1-4-14-52(15-5-1)67(57-38-28-48(29-39-57)50-32-42-64-61(44-50)59-20-10-12-22-63(59)69(64)54-18-8-3-9-19-54)55-34-24-46(25-35-55)47-26-36-56(37-27-47)68(53-16-6-2-7-17-53)58-40-30-49(31-41-58)51-33-43-66-62(45-51)60-21-11-13-23-65(60)70-66/h1-9,11-19,21-45H,10,20H2. The molecule has 0 aliphatic heterocycles. The predicted octanol–water partition coefficient (Wildman–Crippen LogP) is 18.4. The van der Waals surface area contributed by atoms with Crippen LogP contribution in [0.2, 0.25) is 0 Å². The maximum absolute atomic E-state index is 6.11. The SMILES string of the molecule is C1=Cc2c(c3cc(-c4ccc(N(c5ccccc5)c5ccc(-c6ccc(N(c7ccccc7)c7ccc(-c8ccc9oc%10ccccc%10c9c8)cc7)cc6)cc5)cc4)ccc3n2-c2ccccc2)CC1. The average Bonchev–Trinajstić information content (AvgIpc) is 3.98. The Bertz CT molecular complexity index is 3830. The van der Waals surface area contributed by atoms with Crippen LogP contribution in [0.3, 0.4) is 0 Å². The zero-order chi connectivity index (χ0) is 46.4.